The normalized spacial score (nSPS) is 21.2. The molecule has 2 aliphatic rings. The maximum Gasteiger partial charge on any atom is 0.490 e. The molecule has 1 aliphatic heterocycles. The third-order valence-electron chi connectivity index (χ3n) is 5.77. The topological polar surface area (TPSA) is 122 Å². The van der Waals surface area contributed by atoms with E-state index in [9.17, 15) is 26.3 Å². The van der Waals surface area contributed by atoms with E-state index in [2.05, 4.69) is 28.9 Å². The first-order chi connectivity index (χ1) is 18.2. The number of rotatable bonds is 6. The summed E-state index contributed by atoms with van der Waals surface area (Å²) in [5.74, 6) is -3.43. The highest BCUT2D eigenvalue weighted by atomic mass is 19.4. The van der Waals surface area contributed by atoms with Crippen LogP contribution in [0.2, 0.25) is 0 Å². The molecule has 3 atom stereocenters. The van der Waals surface area contributed by atoms with E-state index >= 15 is 0 Å². The van der Waals surface area contributed by atoms with Crippen molar-refractivity contribution in [1.29, 1.82) is 0 Å². The summed E-state index contributed by atoms with van der Waals surface area (Å²) in [7, 11) is 0. The predicted octanol–water partition coefficient (Wildman–Crippen LogP) is 4.45. The molecule has 2 aromatic rings. The Labute approximate surface area is 219 Å². The molecule has 39 heavy (non-hydrogen) atoms. The van der Waals surface area contributed by atoms with E-state index in [1.807, 2.05) is 24.5 Å². The second kappa shape index (κ2) is 14.3. The number of furan rings is 1. The van der Waals surface area contributed by atoms with Crippen molar-refractivity contribution < 1.29 is 60.0 Å². The summed E-state index contributed by atoms with van der Waals surface area (Å²) in [6, 6.07) is 8.59. The van der Waals surface area contributed by atoms with Gasteiger partial charge in [-0.1, -0.05) is 6.92 Å². The Kier molecular flexibility index (Phi) is 11.7. The number of pyridine rings is 1. The van der Waals surface area contributed by atoms with Crippen molar-refractivity contribution in [1.82, 2.24) is 9.88 Å². The largest absolute Gasteiger partial charge is 0.490 e. The van der Waals surface area contributed by atoms with E-state index in [0.717, 1.165) is 56.0 Å². The average Bonchev–Trinajstić information content (AvgIpc) is 3.44. The molecular formula is C24H28F6N2O7. The zero-order valence-electron chi connectivity index (χ0n) is 20.7. The van der Waals surface area contributed by atoms with Gasteiger partial charge in [0.25, 0.3) is 0 Å². The van der Waals surface area contributed by atoms with Crippen LogP contribution in [0.4, 0.5) is 26.3 Å². The smallest absolute Gasteiger partial charge is 0.475 e. The first-order valence-electron chi connectivity index (χ1n) is 11.8. The van der Waals surface area contributed by atoms with Gasteiger partial charge in [0.2, 0.25) is 0 Å². The number of aromatic nitrogens is 1. The van der Waals surface area contributed by atoms with Gasteiger partial charge in [0.05, 0.1) is 32.0 Å². The van der Waals surface area contributed by atoms with Crippen LogP contribution in [-0.2, 0) is 38.6 Å². The van der Waals surface area contributed by atoms with Gasteiger partial charge in [-0.25, -0.2) is 9.59 Å². The van der Waals surface area contributed by atoms with Crippen LogP contribution in [0.3, 0.4) is 0 Å². The lowest BCUT2D eigenvalue weighted by Gasteiger charge is -2.30. The molecular weight excluding hydrogens is 542 g/mol. The number of aryl methyl sites for hydroxylation is 1. The van der Waals surface area contributed by atoms with E-state index in [1.54, 1.807) is 0 Å². The SMILES string of the molecule is CCc1ccc(CN2CCOC3CCC2C3OCc2ccncc2)o1.O=C(O)C(F)(F)F.O=C(O)C(F)(F)F. The molecule has 9 nitrogen and oxygen atoms in total. The van der Waals surface area contributed by atoms with Crippen LogP contribution in [0.25, 0.3) is 0 Å². The molecule has 2 aromatic heterocycles. The fourth-order valence-corrected chi connectivity index (χ4v) is 3.95. The van der Waals surface area contributed by atoms with Gasteiger partial charge in [-0.05, 0) is 42.7 Å². The predicted molar refractivity (Wildman–Crippen MR) is 121 cm³/mol. The molecule has 1 aliphatic carbocycles. The molecule has 0 radical (unpaired) electrons. The maximum atomic E-state index is 10.6. The van der Waals surface area contributed by atoms with E-state index in [0.29, 0.717) is 12.6 Å². The number of carboxylic acid groups (broad SMARTS) is 2. The van der Waals surface area contributed by atoms with Crippen LogP contribution in [0.15, 0.2) is 41.1 Å². The number of carbonyl (C=O) groups is 2. The Morgan fingerprint density at radius 2 is 1.56 bits per heavy atom. The van der Waals surface area contributed by atoms with Crippen LogP contribution in [0.1, 0.15) is 36.8 Å². The van der Waals surface area contributed by atoms with Crippen LogP contribution in [-0.4, -0.2) is 75.8 Å². The third kappa shape index (κ3) is 10.5. The Morgan fingerprint density at radius 1 is 1.00 bits per heavy atom. The van der Waals surface area contributed by atoms with Crippen molar-refractivity contribution in [3.05, 3.63) is 53.7 Å². The van der Waals surface area contributed by atoms with Crippen molar-refractivity contribution in [2.75, 3.05) is 13.2 Å². The summed E-state index contributed by atoms with van der Waals surface area (Å²) in [6.07, 6.45) is -3.09. The van der Waals surface area contributed by atoms with Crippen LogP contribution >= 0.6 is 0 Å². The molecule has 0 aromatic carbocycles. The number of alkyl halides is 6. The van der Waals surface area contributed by atoms with Gasteiger partial charge < -0.3 is 24.1 Å². The van der Waals surface area contributed by atoms with Crippen molar-refractivity contribution in [3.8, 4) is 0 Å². The van der Waals surface area contributed by atoms with E-state index in [4.69, 9.17) is 33.7 Å². The summed E-state index contributed by atoms with van der Waals surface area (Å²) < 4.78 is 81.8. The minimum absolute atomic E-state index is 0.122. The first-order valence-corrected chi connectivity index (χ1v) is 11.8. The minimum Gasteiger partial charge on any atom is -0.475 e. The molecule has 1 saturated heterocycles. The molecule has 0 spiro atoms. The minimum atomic E-state index is -5.08. The fraction of sp³-hybridized carbons (Fsp3) is 0.542. The molecule has 2 N–H and O–H groups in total. The van der Waals surface area contributed by atoms with E-state index in [1.165, 1.54) is 0 Å². The molecule has 0 amide bonds. The Balaban J connectivity index is 0.000000317. The van der Waals surface area contributed by atoms with Crippen LogP contribution in [0.5, 0.6) is 0 Å². The Hall–Kier alpha value is -3.17. The lowest BCUT2D eigenvalue weighted by molar-refractivity contribution is -0.193. The molecule has 2 fully saturated rings. The van der Waals surface area contributed by atoms with Gasteiger partial charge in [0, 0.05) is 31.4 Å². The summed E-state index contributed by atoms with van der Waals surface area (Å²) in [4.78, 5) is 24.3. The van der Waals surface area contributed by atoms with Gasteiger partial charge >= 0.3 is 24.3 Å². The van der Waals surface area contributed by atoms with Crippen LogP contribution < -0.4 is 0 Å². The number of nitrogens with zero attached hydrogens (tertiary/aromatic N) is 2. The third-order valence-corrected chi connectivity index (χ3v) is 5.77. The molecule has 1 saturated carbocycles. The van der Waals surface area contributed by atoms with Gasteiger partial charge in [0.15, 0.2) is 0 Å². The molecule has 4 rings (SSSR count). The second-order valence-electron chi connectivity index (χ2n) is 8.48. The average molecular weight is 570 g/mol. The number of fused-ring (bicyclic) bond motifs is 2. The number of carboxylic acids is 2. The number of hydrogen-bond acceptors (Lipinski definition) is 7. The zero-order chi connectivity index (χ0) is 29.2. The van der Waals surface area contributed by atoms with E-state index in [-0.39, 0.29) is 12.2 Å². The van der Waals surface area contributed by atoms with Gasteiger partial charge in [-0.2, -0.15) is 26.3 Å². The summed E-state index contributed by atoms with van der Waals surface area (Å²) >= 11 is 0. The lowest BCUT2D eigenvalue weighted by atomic mass is 10.1. The molecule has 15 heteroatoms. The van der Waals surface area contributed by atoms with Crippen molar-refractivity contribution in [3.63, 3.8) is 0 Å². The highest BCUT2D eigenvalue weighted by Gasteiger charge is 2.43. The molecule has 3 heterocycles. The first kappa shape index (κ1) is 32.0. The van der Waals surface area contributed by atoms with Crippen molar-refractivity contribution in [2.24, 2.45) is 0 Å². The van der Waals surface area contributed by atoms with E-state index < -0.39 is 24.3 Å². The van der Waals surface area contributed by atoms with Crippen molar-refractivity contribution >= 4 is 11.9 Å². The van der Waals surface area contributed by atoms with Gasteiger partial charge in [0.1, 0.15) is 11.5 Å². The van der Waals surface area contributed by atoms with Gasteiger partial charge in [-0.3, -0.25) is 9.88 Å². The number of aliphatic carboxylic acids is 2. The Morgan fingerprint density at radius 3 is 2.08 bits per heavy atom. The fourth-order valence-electron chi connectivity index (χ4n) is 3.95. The van der Waals surface area contributed by atoms with Gasteiger partial charge in [-0.15, -0.1) is 0 Å². The summed E-state index contributed by atoms with van der Waals surface area (Å²) in [5, 5.41) is 14.2. The monoisotopic (exact) mass is 570 g/mol. The maximum absolute atomic E-state index is 10.6. The highest BCUT2D eigenvalue weighted by Crippen LogP contribution is 2.33. The molecule has 3 unspecified atom stereocenters. The molecule has 218 valence electrons. The number of ether oxygens (including phenoxy) is 2. The summed E-state index contributed by atoms with van der Waals surface area (Å²) in [6.45, 7) is 5.25. The lowest BCUT2D eigenvalue weighted by Crippen LogP contribution is -2.42. The standard InChI is InChI=1S/C20H26N2O3.2C2HF3O2/c1-2-16-3-4-17(25-16)13-22-11-12-23-19-6-5-18(22)20(19)24-14-15-7-9-21-10-8-15;2*3-2(4,5)1(6)7/h3-4,7-10,18-20H,2,5-6,11-14H2,1H3;2*(H,6,7). The van der Waals surface area contributed by atoms with Crippen LogP contribution in [0, 0.1) is 0 Å². The number of hydrogen-bond donors (Lipinski definition) is 2. The quantitative estimate of drug-likeness (QED) is 0.485. The Bertz CT molecular complexity index is 1020. The number of halogens is 6. The highest BCUT2D eigenvalue weighted by molar-refractivity contribution is 5.73. The zero-order valence-corrected chi connectivity index (χ0v) is 20.7. The molecule has 2 bridgehead atoms. The second-order valence-corrected chi connectivity index (χ2v) is 8.48. The summed E-state index contributed by atoms with van der Waals surface area (Å²) in [5.41, 5.74) is 1.16. The van der Waals surface area contributed by atoms with Crippen molar-refractivity contribution in [2.45, 2.75) is 69.9 Å².